The van der Waals surface area contributed by atoms with Gasteiger partial charge in [-0.15, -0.1) is 0 Å². The Kier molecular flexibility index (Phi) is 10.1. The second-order valence-corrected chi connectivity index (χ2v) is 3.66. The number of carbonyl (C=O) groups is 1. The van der Waals surface area contributed by atoms with E-state index in [1.54, 1.807) is 0 Å². The van der Waals surface area contributed by atoms with Gasteiger partial charge in [0, 0.05) is 13.0 Å². The number of hydrogen-bond donors (Lipinski definition) is 2. The lowest BCUT2D eigenvalue weighted by molar-refractivity contribution is -0.121. The molecule has 0 saturated carbocycles. The third-order valence-electron chi connectivity index (χ3n) is 2.21. The van der Waals surface area contributed by atoms with Gasteiger partial charge in [0.25, 0.3) is 0 Å². The molecule has 1 amide bonds. The minimum Gasteiger partial charge on any atom is -0.356 e. The van der Waals surface area contributed by atoms with Crippen LogP contribution in [0.3, 0.4) is 0 Å². The van der Waals surface area contributed by atoms with Crippen LogP contribution in [0, 0.1) is 0 Å². The molecule has 0 saturated heterocycles. The fourth-order valence-electron chi connectivity index (χ4n) is 1.30. The smallest absolute Gasteiger partial charge is 0.219 e. The van der Waals surface area contributed by atoms with Gasteiger partial charge in [-0.05, 0) is 25.8 Å². The van der Waals surface area contributed by atoms with E-state index in [1.807, 2.05) is 0 Å². The Balaban J connectivity index is 3.11. The summed E-state index contributed by atoms with van der Waals surface area (Å²) in [5.41, 5.74) is 5.36. The first kappa shape index (κ1) is 13.4. The minimum absolute atomic E-state index is 0.193. The van der Waals surface area contributed by atoms with Gasteiger partial charge in [-0.25, -0.2) is 0 Å². The van der Waals surface area contributed by atoms with Crippen LogP contribution < -0.4 is 11.1 Å². The third kappa shape index (κ3) is 9.52. The highest BCUT2D eigenvalue weighted by atomic mass is 16.1. The van der Waals surface area contributed by atoms with Crippen molar-refractivity contribution in [3.8, 4) is 0 Å². The average Bonchev–Trinajstić information content (AvgIpc) is 2.19. The third-order valence-corrected chi connectivity index (χ3v) is 2.21. The Labute approximate surface area is 87.4 Å². The first-order chi connectivity index (χ1) is 6.81. The van der Waals surface area contributed by atoms with Gasteiger partial charge >= 0.3 is 0 Å². The molecule has 0 atom stereocenters. The number of amides is 1. The largest absolute Gasteiger partial charge is 0.356 e. The van der Waals surface area contributed by atoms with Crippen molar-refractivity contribution in [3.05, 3.63) is 0 Å². The zero-order valence-corrected chi connectivity index (χ0v) is 9.35. The molecule has 0 aromatic rings. The molecule has 3 N–H and O–H groups in total. The van der Waals surface area contributed by atoms with E-state index in [-0.39, 0.29) is 5.91 Å². The predicted octanol–water partition coefficient (Wildman–Crippen LogP) is 1.81. The van der Waals surface area contributed by atoms with E-state index in [9.17, 15) is 4.79 Å². The molecule has 0 fully saturated rings. The molecule has 0 aliphatic heterocycles. The van der Waals surface area contributed by atoms with Crippen molar-refractivity contribution in [1.29, 1.82) is 0 Å². The van der Waals surface area contributed by atoms with Crippen molar-refractivity contribution in [2.75, 3.05) is 13.1 Å². The van der Waals surface area contributed by atoms with Crippen LogP contribution >= 0.6 is 0 Å². The van der Waals surface area contributed by atoms with Gasteiger partial charge in [-0.1, -0.05) is 26.2 Å². The van der Waals surface area contributed by atoms with Crippen molar-refractivity contribution in [2.45, 2.75) is 51.9 Å². The Hall–Kier alpha value is -0.570. The molecule has 0 bridgehead atoms. The van der Waals surface area contributed by atoms with Crippen molar-refractivity contribution in [3.63, 3.8) is 0 Å². The normalized spacial score (nSPS) is 10.1. The molecule has 0 aromatic heterocycles. The molecule has 3 heteroatoms. The van der Waals surface area contributed by atoms with Crippen LogP contribution in [-0.4, -0.2) is 19.0 Å². The number of nitrogens with one attached hydrogen (secondary N) is 1. The summed E-state index contributed by atoms with van der Waals surface area (Å²) in [6.07, 6.45) is 7.23. The lowest BCUT2D eigenvalue weighted by atomic mass is 10.2. The second kappa shape index (κ2) is 10.5. The average molecular weight is 200 g/mol. The highest BCUT2D eigenvalue weighted by molar-refractivity contribution is 5.75. The van der Waals surface area contributed by atoms with Crippen LogP contribution in [0.1, 0.15) is 51.9 Å². The summed E-state index contributed by atoms with van der Waals surface area (Å²) >= 11 is 0. The second-order valence-electron chi connectivity index (χ2n) is 3.66. The lowest BCUT2D eigenvalue weighted by Gasteiger charge is -2.03. The van der Waals surface area contributed by atoms with Gasteiger partial charge in [-0.2, -0.15) is 0 Å². The van der Waals surface area contributed by atoms with Gasteiger partial charge in [0.15, 0.2) is 0 Å². The van der Waals surface area contributed by atoms with Crippen molar-refractivity contribution >= 4 is 5.91 Å². The highest BCUT2D eigenvalue weighted by Crippen LogP contribution is 1.98. The molecule has 0 rings (SSSR count). The van der Waals surface area contributed by atoms with Crippen molar-refractivity contribution < 1.29 is 4.79 Å². The fourth-order valence-corrected chi connectivity index (χ4v) is 1.30. The Morgan fingerprint density at radius 3 is 2.57 bits per heavy atom. The van der Waals surface area contributed by atoms with Crippen LogP contribution in [0.25, 0.3) is 0 Å². The van der Waals surface area contributed by atoms with Crippen molar-refractivity contribution in [1.82, 2.24) is 5.32 Å². The van der Waals surface area contributed by atoms with E-state index in [1.165, 1.54) is 12.8 Å². The Morgan fingerprint density at radius 2 is 1.93 bits per heavy atom. The molecule has 0 aromatic carbocycles. The molecule has 0 aliphatic rings. The molecular formula is C11H24N2O. The van der Waals surface area contributed by atoms with Crippen LogP contribution in [-0.2, 0) is 4.79 Å². The number of carbonyl (C=O) groups excluding carboxylic acids is 1. The summed E-state index contributed by atoms with van der Waals surface area (Å²) in [6, 6.07) is 0. The van der Waals surface area contributed by atoms with Gasteiger partial charge in [0.1, 0.15) is 0 Å². The monoisotopic (exact) mass is 200 g/mol. The van der Waals surface area contributed by atoms with Crippen LogP contribution in [0.5, 0.6) is 0 Å². The van der Waals surface area contributed by atoms with Gasteiger partial charge in [0.05, 0.1) is 0 Å². The Bertz CT molecular complexity index is 123. The summed E-state index contributed by atoms with van der Waals surface area (Å²) in [6.45, 7) is 3.73. The fraction of sp³-hybridized carbons (Fsp3) is 0.909. The maximum absolute atomic E-state index is 11.2. The van der Waals surface area contributed by atoms with Gasteiger partial charge < -0.3 is 11.1 Å². The summed E-state index contributed by atoms with van der Waals surface area (Å²) in [4.78, 5) is 11.2. The standard InChI is InChI=1S/C11H24N2O/c1-2-3-7-10-13-11(14)8-5-4-6-9-12/h2-10,12H2,1H3,(H,13,14). The molecular weight excluding hydrogens is 176 g/mol. The molecule has 0 radical (unpaired) electrons. The lowest BCUT2D eigenvalue weighted by Crippen LogP contribution is -2.23. The molecule has 0 heterocycles. The zero-order chi connectivity index (χ0) is 10.6. The van der Waals surface area contributed by atoms with E-state index < -0.39 is 0 Å². The molecule has 84 valence electrons. The first-order valence-corrected chi connectivity index (χ1v) is 5.78. The minimum atomic E-state index is 0.193. The van der Waals surface area contributed by atoms with E-state index in [0.717, 1.165) is 38.8 Å². The molecule has 0 spiro atoms. The van der Waals surface area contributed by atoms with E-state index >= 15 is 0 Å². The van der Waals surface area contributed by atoms with E-state index in [4.69, 9.17) is 5.73 Å². The highest BCUT2D eigenvalue weighted by Gasteiger charge is 1.99. The zero-order valence-electron chi connectivity index (χ0n) is 9.35. The summed E-state index contributed by atoms with van der Waals surface area (Å²) in [5, 5.41) is 2.92. The maximum Gasteiger partial charge on any atom is 0.219 e. The van der Waals surface area contributed by atoms with E-state index in [2.05, 4.69) is 12.2 Å². The molecule has 14 heavy (non-hydrogen) atoms. The van der Waals surface area contributed by atoms with Crippen LogP contribution in [0.4, 0.5) is 0 Å². The summed E-state index contributed by atoms with van der Waals surface area (Å²) in [5.74, 6) is 0.193. The van der Waals surface area contributed by atoms with Crippen LogP contribution in [0.2, 0.25) is 0 Å². The quantitative estimate of drug-likeness (QED) is 0.558. The molecule has 3 nitrogen and oxygen atoms in total. The number of hydrogen-bond acceptors (Lipinski definition) is 2. The van der Waals surface area contributed by atoms with Gasteiger partial charge in [-0.3, -0.25) is 4.79 Å². The maximum atomic E-state index is 11.2. The van der Waals surface area contributed by atoms with Crippen molar-refractivity contribution in [2.24, 2.45) is 5.73 Å². The predicted molar refractivity (Wildman–Crippen MR) is 60.1 cm³/mol. The summed E-state index contributed by atoms with van der Waals surface area (Å²) in [7, 11) is 0. The Morgan fingerprint density at radius 1 is 1.14 bits per heavy atom. The number of unbranched alkanes of at least 4 members (excludes halogenated alkanes) is 4. The number of nitrogens with two attached hydrogens (primary N) is 1. The SMILES string of the molecule is CCCCCNC(=O)CCCCCN. The number of rotatable bonds is 9. The topological polar surface area (TPSA) is 55.1 Å². The molecule has 0 aliphatic carbocycles. The molecule has 0 unspecified atom stereocenters. The van der Waals surface area contributed by atoms with Gasteiger partial charge in [0.2, 0.25) is 5.91 Å². The summed E-state index contributed by atoms with van der Waals surface area (Å²) < 4.78 is 0. The first-order valence-electron chi connectivity index (χ1n) is 5.78. The van der Waals surface area contributed by atoms with Crippen LogP contribution in [0.15, 0.2) is 0 Å². The van der Waals surface area contributed by atoms with E-state index in [0.29, 0.717) is 6.42 Å².